The number of aryl methyl sites for hydroxylation is 1. The summed E-state index contributed by atoms with van der Waals surface area (Å²) in [7, 11) is 0. The first-order valence-electron chi connectivity index (χ1n) is 9.90. The Balaban J connectivity index is 1.44. The van der Waals surface area contributed by atoms with E-state index in [1.807, 2.05) is 19.1 Å². The van der Waals surface area contributed by atoms with Crippen LogP contribution in [0.25, 0.3) is 11.5 Å². The van der Waals surface area contributed by atoms with Crippen molar-refractivity contribution in [1.82, 2.24) is 25.5 Å². The largest absolute Gasteiger partial charge is 0.463 e. The van der Waals surface area contributed by atoms with Crippen LogP contribution in [-0.4, -0.2) is 53.1 Å². The first-order chi connectivity index (χ1) is 13.6. The van der Waals surface area contributed by atoms with Crippen LogP contribution in [0.4, 0.5) is 4.79 Å². The van der Waals surface area contributed by atoms with Crippen molar-refractivity contribution < 1.29 is 9.21 Å². The van der Waals surface area contributed by atoms with Gasteiger partial charge in [0.05, 0.1) is 6.26 Å². The average molecular weight is 381 g/mol. The number of furan rings is 1. The van der Waals surface area contributed by atoms with Crippen LogP contribution >= 0.6 is 0 Å². The van der Waals surface area contributed by atoms with Crippen molar-refractivity contribution in [2.24, 2.45) is 5.92 Å². The molecule has 7 heteroatoms. The van der Waals surface area contributed by atoms with Crippen LogP contribution in [0.1, 0.15) is 30.3 Å². The zero-order valence-electron chi connectivity index (χ0n) is 16.2. The molecule has 2 aromatic heterocycles. The third-order valence-electron chi connectivity index (χ3n) is 5.80. The second-order valence-electron chi connectivity index (χ2n) is 7.62. The molecule has 3 aliphatic rings. The molecule has 5 heterocycles. The third-order valence-corrected chi connectivity index (χ3v) is 5.80. The summed E-state index contributed by atoms with van der Waals surface area (Å²) in [6.45, 7) is 8.76. The summed E-state index contributed by atoms with van der Waals surface area (Å²) in [6.07, 6.45) is 5.59. The summed E-state index contributed by atoms with van der Waals surface area (Å²) < 4.78 is 5.53. The van der Waals surface area contributed by atoms with Crippen molar-refractivity contribution in [2.75, 3.05) is 26.2 Å². The molecule has 1 unspecified atom stereocenters. The smallest absolute Gasteiger partial charge is 0.315 e. The van der Waals surface area contributed by atoms with Gasteiger partial charge in [-0.2, -0.15) is 0 Å². The summed E-state index contributed by atoms with van der Waals surface area (Å²) >= 11 is 0. The van der Waals surface area contributed by atoms with Crippen LogP contribution in [-0.2, 0) is 0 Å². The maximum atomic E-state index is 11.8. The van der Waals surface area contributed by atoms with E-state index in [9.17, 15) is 4.79 Å². The number of piperidine rings is 3. The van der Waals surface area contributed by atoms with E-state index in [4.69, 9.17) is 9.40 Å². The maximum absolute atomic E-state index is 11.8. The predicted octanol–water partition coefficient (Wildman–Crippen LogP) is 2.71. The highest BCUT2D eigenvalue weighted by Gasteiger charge is 2.41. The molecule has 5 rings (SSSR count). The first-order valence-corrected chi connectivity index (χ1v) is 9.90. The zero-order valence-corrected chi connectivity index (χ0v) is 16.2. The zero-order chi connectivity index (χ0) is 19.5. The fourth-order valence-corrected chi connectivity index (χ4v) is 4.45. The number of urea groups is 1. The van der Waals surface area contributed by atoms with Crippen LogP contribution in [0, 0.1) is 12.8 Å². The highest BCUT2D eigenvalue weighted by atomic mass is 16.3. The Morgan fingerprint density at radius 1 is 1.43 bits per heavy atom. The Kier molecular flexibility index (Phi) is 5.43. The number of carbonyl (C=O) groups is 1. The lowest BCUT2D eigenvalue weighted by Crippen LogP contribution is -2.56. The van der Waals surface area contributed by atoms with Gasteiger partial charge in [0, 0.05) is 37.3 Å². The van der Waals surface area contributed by atoms with E-state index in [1.165, 1.54) is 6.42 Å². The lowest BCUT2D eigenvalue weighted by atomic mass is 9.74. The van der Waals surface area contributed by atoms with Crippen LogP contribution in [0.2, 0.25) is 0 Å². The second kappa shape index (κ2) is 8.14. The number of carbonyl (C=O) groups excluding carboxylic acids is 1. The quantitative estimate of drug-likeness (QED) is 0.752. The number of hydrogen-bond acceptors (Lipinski definition) is 5. The van der Waals surface area contributed by atoms with E-state index in [1.54, 1.807) is 12.3 Å². The van der Waals surface area contributed by atoms with Crippen molar-refractivity contribution in [1.29, 1.82) is 0 Å². The van der Waals surface area contributed by atoms with E-state index in [0.29, 0.717) is 31.0 Å². The minimum absolute atomic E-state index is 0.131. The SMILES string of the molecule is C=CCNC(=O)NC[C@H]1C[C@@H]2CCN1C[C@H]2c1cc(-c2ccco2)nc(C)n1. The molecule has 2 N–H and O–H groups in total. The average Bonchev–Trinajstić information content (AvgIpc) is 3.25. The van der Waals surface area contributed by atoms with Crippen LogP contribution in [0.5, 0.6) is 0 Å². The van der Waals surface area contributed by atoms with E-state index in [0.717, 1.165) is 42.5 Å². The molecule has 28 heavy (non-hydrogen) atoms. The first kappa shape index (κ1) is 18.7. The molecule has 2 bridgehead atoms. The summed E-state index contributed by atoms with van der Waals surface area (Å²) in [5.41, 5.74) is 1.95. The van der Waals surface area contributed by atoms with Gasteiger partial charge in [0.25, 0.3) is 0 Å². The lowest BCUT2D eigenvalue weighted by Gasteiger charge is -2.49. The van der Waals surface area contributed by atoms with Crippen molar-refractivity contribution >= 4 is 6.03 Å². The number of nitrogens with one attached hydrogen (secondary N) is 2. The van der Waals surface area contributed by atoms with Gasteiger partial charge >= 0.3 is 6.03 Å². The van der Waals surface area contributed by atoms with Gasteiger partial charge in [-0.05, 0) is 50.4 Å². The fourth-order valence-electron chi connectivity index (χ4n) is 4.45. The van der Waals surface area contributed by atoms with Crippen molar-refractivity contribution in [3.63, 3.8) is 0 Å². The van der Waals surface area contributed by atoms with Gasteiger partial charge in [-0.3, -0.25) is 4.90 Å². The van der Waals surface area contributed by atoms with E-state index in [2.05, 4.69) is 33.2 Å². The summed E-state index contributed by atoms with van der Waals surface area (Å²) in [5, 5.41) is 5.75. The van der Waals surface area contributed by atoms with Crippen LogP contribution in [0.3, 0.4) is 0 Å². The number of nitrogens with zero attached hydrogens (tertiary/aromatic N) is 3. The Labute approximate surface area is 165 Å². The summed E-state index contributed by atoms with van der Waals surface area (Å²) in [4.78, 5) is 23.6. The van der Waals surface area contributed by atoms with Gasteiger partial charge in [0.15, 0.2) is 5.76 Å². The molecule has 3 aliphatic heterocycles. The minimum atomic E-state index is -0.131. The molecule has 0 saturated carbocycles. The van der Waals surface area contributed by atoms with Gasteiger partial charge in [-0.25, -0.2) is 14.8 Å². The number of hydrogen-bond donors (Lipinski definition) is 2. The summed E-state index contributed by atoms with van der Waals surface area (Å²) in [6, 6.07) is 6.14. The molecule has 0 aromatic carbocycles. The molecule has 4 atom stereocenters. The molecule has 0 spiro atoms. The Morgan fingerprint density at radius 3 is 3.04 bits per heavy atom. The van der Waals surface area contributed by atoms with E-state index >= 15 is 0 Å². The molecule has 0 radical (unpaired) electrons. The number of rotatable bonds is 6. The Morgan fingerprint density at radius 2 is 2.32 bits per heavy atom. The molecule has 148 valence electrons. The van der Waals surface area contributed by atoms with Gasteiger partial charge < -0.3 is 15.1 Å². The molecule has 3 fully saturated rings. The monoisotopic (exact) mass is 381 g/mol. The molecular weight excluding hydrogens is 354 g/mol. The molecule has 0 aliphatic carbocycles. The molecule has 2 amide bonds. The van der Waals surface area contributed by atoms with Crippen molar-refractivity contribution in [3.05, 3.63) is 48.6 Å². The van der Waals surface area contributed by atoms with Crippen LogP contribution in [0.15, 0.2) is 41.5 Å². The Bertz CT molecular complexity index is 835. The normalized spacial score (nSPS) is 26.0. The summed E-state index contributed by atoms with van der Waals surface area (Å²) in [5.74, 6) is 2.53. The molecule has 7 nitrogen and oxygen atoms in total. The third kappa shape index (κ3) is 3.94. The van der Waals surface area contributed by atoms with Crippen molar-refractivity contribution in [3.8, 4) is 11.5 Å². The molecular formula is C21H27N5O2. The number of fused-ring (bicyclic) bond motifs is 3. The molecule has 3 saturated heterocycles. The van der Waals surface area contributed by atoms with Crippen molar-refractivity contribution in [2.45, 2.75) is 31.7 Å². The lowest BCUT2D eigenvalue weighted by molar-refractivity contribution is 0.0305. The van der Waals surface area contributed by atoms with E-state index in [-0.39, 0.29) is 6.03 Å². The highest BCUT2D eigenvalue weighted by molar-refractivity contribution is 5.73. The van der Waals surface area contributed by atoms with E-state index < -0.39 is 0 Å². The van der Waals surface area contributed by atoms with Gasteiger partial charge in [0.2, 0.25) is 0 Å². The van der Waals surface area contributed by atoms with Crippen LogP contribution < -0.4 is 10.6 Å². The van der Waals surface area contributed by atoms with Gasteiger partial charge in [-0.1, -0.05) is 6.08 Å². The van der Waals surface area contributed by atoms with Gasteiger partial charge in [-0.15, -0.1) is 6.58 Å². The second-order valence-corrected chi connectivity index (χ2v) is 7.62. The minimum Gasteiger partial charge on any atom is -0.463 e. The maximum Gasteiger partial charge on any atom is 0.315 e. The highest BCUT2D eigenvalue weighted by Crippen LogP contribution is 2.41. The predicted molar refractivity (Wildman–Crippen MR) is 107 cm³/mol. The molecule has 2 aromatic rings. The topological polar surface area (TPSA) is 83.3 Å². The number of aromatic nitrogens is 2. The van der Waals surface area contributed by atoms with Gasteiger partial charge in [0.1, 0.15) is 11.5 Å². The number of amides is 2. The Hall–Kier alpha value is -2.67. The standard InChI is InChI=1S/C21H27N5O2/c1-3-7-22-21(27)23-12-16-10-15-6-8-26(16)13-17(15)18-11-19(25-14(2)24-18)20-5-4-9-28-20/h3-5,9,11,15-17H,1,6-8,10,12-13H2,2H3,(H2,22,23,27)/t15-,16+,17+/m0/s1. The fraction of sp³-hybridized carbons (Fsp3) is 0.476.